The highest BCUT2D eigenvalue weighted by Gasteiger charge is 2.18. The molecule has 1 aromatic rings. The van der Waals surface area contributed by atoms with E-state index in [1.807, 2.05) is 6.07 Å². The lowest BCUT2D eigenvalue weighted by Gasteiger charge is -2.21. The number of carbonyl (C=O) groups excluding carboxylic acids is 2. The number of aliphatic hydroxyl groups excluding tert-OH is 1. The van der Waals surface area contributed by atoms with Crippen LogP contribution in [0.3, 0.4) is 0 Å². The molecule has 0 amide bonds. The summed E-state index contributed by atoms with van der Waals surface area (Å²) in [6.45, 7) is 0.0386. The average molecular weight is 304 g/mol. The number of hydrogen-bond acceptors (Lipinski definition) is 4. The largest absolute Gasteiger partial charge is 0.459 e. The topological polar surface area (TPSA) is 63.6 Å². The van der Waals surface area contributed by atoms with E-state index in [1.54, 1.807) is 24.3 Å². The van der Waals surface area contributed by atoms with Crippen LogP contribution in [0.5, 0.6) is 0 Å². The number of aliphatic hydroxyl groups is 1. The maximum atomic E-state index is 11.7. The SMILES string of the molecule is O=C1CCC(CCCC(O)COC(=O)c2ccccc2)CC1. The molecule has 4 nitrogen and oxygen atoms in total. The van der Waals surface area contributed by atoms with Crippen LogP contribution in [0.25, 0.3) is 0 Å². The smallest absolute Gasteiger partial charge is 0.338 e. The van der Waals surface area contributed by atoms with Crippen molar-refractivity contribution in [2.75, 3.05) is 6.61 Å². The number of hydrogen-bond donors (Lipinski definition) is 1. The summed E-state index contributed by atoms with van der Waals surface area (Å²) in [7, 11) is 0. The van der Waals surface area contributed by atoms with Gasteiger partial charge >= 0.3 is 5.97 Å². The summed E-state index contributed by atoms with van der Waals surface area (Å²) < 4.78 is 5.11. The van der Waals surface area contributed by atoms with Gasteiger partial charge in [0, 0.05) is 12.8 Å². The fraction of sp³-hybridized carbons (Fsp3) is 0.556. The molecule has 1 aliphatic rings. The standard InChI is InChI=1S/C18H24O4/c19-16-11-9-14(10-12-16)5-4-8-17(20)13-22-18(21)15-6-2-1-3-7-15/h1-3,6-7,14,17,20H,4-5,8-13H2. The monoisotopic (exact) mass is 304 g/mol. The highest BCUT2D eigenvalue weighted by Crippen LogP contribution is 2.26. The van der Waals surface area contributed by atoms with Crippen LogP contribution in [0.4, 0.5) is 0 Å². The van der Waals surface area contributed by atoms with Crippen molar-refractivity contribution in [2.45, 2.75) is 51.0 Å². The van der Waals surface area contributed by atoms with E-state index in [4.69, 9.17) is 4.74 Å². The number of ether oxygens (including phenoxy) is 1. The summed E-state index contributed by atoms with van der Waals surface area (Å²) in [6, 6.07) is 8.78. The van der Waals surface area contributed by atoms with Crippen LogP contribution >= 0.6 is 0 Å². The molecule has 2 rings (SSSR count). The second kappa shape index (κ2) is 8.69. The number of ketones is 1. The van der Waals surface area contributed by atoms with Gasteiger partial charge in [0.2, 0.25) is 0 Å². The van der Waals surface area contributed by atoms with Gasteiger partial charge in [0.1, 0.15) is 12.4 Å². The maximum absolute atomic E-state index is 11.7. The molecule has 22 heavy (non-hydrogen) atoms. The number of Topliss-reactive ketones (excluding diaryl/α,β-unsaturated/α-hetero) is 1. The molecular formula is C18H24O4. The van der Waals surface area contributed by atoms with Gasteiger partial charge in [-0.15, -0.1) is 0 Å². The zero-order valence-electron chi connectivity index (χ0n) is 12.9. The van der Waals surface area contributed by atoms with Gasteiger partial charge < -0.3 is 9.84 Å². The predicted octanol–water partition coefficient (Wildman–Crippen LogP) is 3.13. The Bertz CT molecular complexity index is 473. The van der Waals surface area contributed by atoms with Crippen LogP contribution in [0.15, 0.2) is 30.3 Å². The third-order valence-electron chi connectivity index (χ3n) is 4.23. The quantitative estimate of drug-likeness (QED) is 0.786. The molecule has 0 aliphatic heterocycles. The predicted molar refractivity (Wildman–Crippen MR) is 83.5 cm³/mol. The number of benzene rings is 1. The first-order valence-corrected chi connectivity index (χ1v) is 8.07. The summed E-state index contributed by atoms with van der Waals surface area (Å²) in [5.74, 6) is 0.589. The molecule has 1 saturated carbocycles. The minimum atomic E-state index is -0.613. The first kappa shape index (κ1) is 16.7. The van der Waals surface area contributed by atoms with Crippen LogP contribution in [-0.4, -0.2) is 29.6 Å². The molecule has 1 aromatic carbocycles. The van der Waals surface area contributed by atoms with Gasteiger partial charge in [0.05, 0.1) is 11.7 Å². The van der Waals surface area contributed by atoms with Gasteiger partial charge in [0.25, 0.3) is 0 Å². The molecule has 0 aromatic heterocycles. The molecule has 0 radical (unpaired) electrons. The Morgan fingerprint density at radius 3 is 2.59 bits per heavy atom. The Morgan fingerprint density at radius 1 is 1.23 bits per heavy atom. The maximum Gasteiger partial charge on any atom is 0.338 e. The third-order valence-corrected chi connectivity index (χ3v) is 4.23. The Hall–Kier alpha value is -1.68. The fourth-order valence-corrected chi connectivity index (χ4v) is 2.84. The van der Waals surface area contributed by atoms with E-state index in [2.05, 4.69) is 0 Å². The summed E-state index contributed by atoms with van der Waals surface area (Å²) >= 11 is 0. The van der Waals surface area contributed by atoms with Crippen LogP contribution in [0, 0.1) is 5.92 Å². The van der Waals surface area contributed by atoms with E-state index in [0.717, 1.165) is 25.7 Å². The van der Waals surface area contributed by atoms with Crippen molar-refractivity contribution < 1.29 is 19.4 Å². The van der Waals surface area contributed by atoms with Gasteiger partial charge in [-0.25, -0.2) is 4.79 Å². The Kier molecular flexibility index (Phi) is 6.59. The lowest BCUT2D eigenvalue weighted by atomic mass is 9.85. The second-order valence-electron chi connectivity index (χ2n) is 6.03. The van der Waals surface area contributed by atoms with Crippen molar-refractivity contribution in [2.24, 2.45) is 5.92 Å². The van der Waals surface area contributed by atoms with Crippen molar-refractivity contribution in [3.05, 3.63) is 35.9 Å². The minimum absolute atomic E-state index is 0.0386. The van der Waals surface area contributed by atoms with Crippen molar-refractivity contribution in [3.8, 4) is 0 Å². The van der Waals surface area contributed by atoms with Gasteiger partial charge in [-0.3, -0.25) is 4.79 Å². The summed E-state index contributed by atoms with van der Waals surface area (Å²) in [5, 5.41) is 9.89. The first-order valence-electron chi connectivity index (χ1n) is 8.07. The van der Waals surface area contributed by atoms with Gasteiger partial charge in [-0.1, -0.05) is 31.0 Å². The van der Waals surface area contributed by atoms with Crippen LogP contribution in [0.1, 0.15) is 55.3 Å². The number of carbonyl (C=O) groups is 2. The van der Waals surface area contributed by atoms with Crippen molar-refractivity contribution in [1.29, 1.82) is 0 Å². The molecular weight excluding hydrogens is 280 g/mol. The molecule has 0 heterocycles. The molecule has 1 atom stereocenters. The molecule has 4 heteroatoms. The van der Waals surface area contributed by atoms with Crippen molar-refractivity contribution in [1.82, 2.24) is 0 Å². The van der Waals surface area contributed by atoms with Crippen molar-refractivity contribution >= 4 is 11.8 Å². The number of rotatable bonds is 7. The molecule has 1 aliphatic carbocycles. The van der Waals surface area contributed by atoms with Crippen LogP contribution in [-0.2, 0) is 9.53 Å². The Balaban J connectivity index is 1.59. The normalized spacial score (nSPS) is 17.2. The lowest BCUT2D eigenvalue weighted by Crippen LogP contribution is -2.19. The van der Waals surface area contributed by atoms with Gasteiger partial charge in [0.15, 0.2) is 0 Å². The molecule has 1 unspecified atom stereocenters. The van der Waals surface area contributed by atoms with E-state index in [0.29, 0.717) is 36.5 Å². The lowest BCUT2D eigenvalue weighted by molar-refractivity contribution is -0.121. The second-order valence-corrected chi connectivity index (χ2v) is 6.03. The first-order chi connectivity index (χ1) is 10.6. The van der Waals surface area contributed by atoms with Gasteiger partial charge in [-0.2, -0.15) is 0 Å². The van der Waals surface area contributed by atoms with E-state index in [1.165, 1.54) is 0 Å². The van der Waals surface area contributed by atoms with Crippen molar-refractivity contribution in [3.63, 3.8) is 0 Å². The molecule has 120 valence electrons. The zero-order chi connectivity index (χ0) is 15.8. The van der Waals surface area contributed by atoms with Gasteiger partial charge in [-0.05, 0) is 37.3 Å². The van der Waals surface area contributed by atoms with E-state index >= 15 is 0 Å². The summed E-state index contributed by atoms with van der Waals surface area (Å²) in [5.41, 5.74) is 0.501. The van der Waals surface area contributed by atoms with E-state index in [-0.39, 0.29) is 6.61 Å². The molecule has 1 N–H and O–H groups in total. The fourth-order valence-electron chi connectivity index (χ4n) is 2.84. The zero-order valence-corrected chi connectivity index (χ0v) is 12.9. The van der Waals surface area contributed by atoms with E-state index < -0.39 is 12.1 Å². The Morgan fingerprint density at radius 2 is 1.91 bits per heavy atom. The molecule has 0 saturated heterocycles. The molecule has 1 fully saturated rings. The Labute approximate surface area is 131 Å². The van der Waals surface area contributed by atoms with E-state index in [9.17, 15) is 14.7 Å². The highest BCUT2D eigenvalue weighted by molar-refractivity contribution is 5.89. The van der Waals surface area contributed by atoms with Crippen LogP contribution in [0.2, 0.25) is 0 Å². The molecule has 0 bridgehead atoms. The minimum Gasteiger partial charge on any atom is -0.459 e. The third kappa shape index (κ3) is 5.60. The summed E-state index contributed by atoms with van der Waals surface area (Å²) in [4.78, 5) is 22.9. The highest BCUT2D eigenvalue weighted by atomic mass is 16.5. The van der Waals surface area contributed by atoms with Crippen LogP contribution < -0.4 is 0 Å². The molecule has 0 spiro atoms. The number of esters is 1. The summed E-state index contributed by atoms with van der Waals surface area (Å²) in [6.07, 6.45) is 5.35. The average Bonchev–Trinajstić information content (AvgIpc) is 2.55.